The molecule has 0 aromatic carbocycles. The van der Waals surface area contributed by atoms with Crippen LogP contribution < -0.4 is 0 Å². The van der Waals surface area contributed by atoms with Crippen molar-refractivity contribution < 1.29 is 0 Å². The molecule has 0 N–H and O–H groups in total. The first-order valence-electron chi connectivity index (χ1n) is 7.40. The summed E-state index contributed by atoms with van der Waals surface area (Å²) in [4.78, 5) is 0. The minimum Gasteiger partial charge on any atom is -0.0501 e. The number of hydrogen-bond acceptors (Lipinski definition) is 0. The van der Waals surface area contributed by atoms with E-state index in [9.17, 15) is 0 Å². The van der Waals surface area contributed by atoms with Crippen molar-refractivity contribution in [3.8, 4) is 0 Å². The van der Waals surface area contributed by atoms with E-state index in [2.05, 4.69) is 0 Å². The molecule has 0 radical (unpaired) electrons. The molecule has 4 unspecified atom stereocenters. The first kappa shape index (κ1) is 8.14. The lowest BCUT2D eigenvalue weighted by molar-refractivity contribution is -0.146. The Morgan fingerprint density at radius 3 is 1.47 bits per heavy atom. The Labute approximate surface area is 92.8 Å². The van der Waals surface area contributed by atoms with Crippen LogP contribution in [0.5, 0.6) is 0 Å². The maximum absolute atomic E-state index is 1.65. The molecule has 7 fully saturated rings. The van der Waals surface area contributed by atoms with E-state index >= 15 is 0 Å². The standard InChI is InChI=1S/C15H22/c1-2-10-11-5-9-6-12(10)14-4-8(1)3-13(11)15(14)7-9/h8-15H,1-7H2. The summed E-state index contributed by atoms with van der Waals surface area (Å²) in [5.74, 6) is 9.65. The molecule has 7 saturated carbocycles. The highest BCUT2D eigenvalue weighted by molar-refractivity contribution is 5.10. The van der Waals surface area contributed by atoms with Crippen LogP contribution in [0.25, 0.3) is 0 Å². The van der Waals surface area contributed by atoms with Crippen molar-refractivity contribution in [1.29, 1.82) is 0 Å². The summed E-state index contributed by atoms with van der Waals surface area (Å²) in [6.07, 6.45) is 11.5. The van der Waals surface area contributed by atoms with Crippen LogP contribution in [0.2, 0.25) is 0 Å². The second-order valence-electron chi connectivity index (χ2n) is 7.47. The van der Waals surface area contributed by atoms with E-state index in [4.69, 9.17) is 0 Å². The zero-order valence-corrected chi connectivity index (χ0v) is 9.57. The highest BCUT2D eigenvalue weighted by Gasteiger charge is 2.61. The summed E-state index contributed by atoms with van der Waals surface area (Å²) >= 11 is 0. The van der Waals surface area contributed by atoms with E-state index in [-0.39, 0.29) is 0 Å². The Balaban J connectivity index is 1.69. The lowest BCUT2D eigenvalue weighted by Gasteiger charge is -2.63. The molecule has 0 saturated heterocycles. The number of rotatable bonds is 0. The van der Waals surface area contributed by atoms with Gasteiger partial charge in [-0.2, -0.15) is 0 Å². The molecule has 7 rings (SSSR count). The average Bonchev–Trinajstić information content (AvgIpc) is 2.52. The normalized spacial score (nSPS) is 68.8. The fourth-order valence-electron chi connectivity index (χ4n) is 7.05. The van der Waals surface area contributed by atoms with Gasteiger partial charge in [0.15, 0.2) is 0 Å². The van der Waals surface area contributed by atoms with Gasteiger partial charge in [-0.3, -0.25) is 0 Å². The molecule has 8 bridgehead atoms. The molecule has 0 aliphatic heterocycles. The van der Waals surface area contributed by atoms with Gasteiger partial charge in [0, 0.05) is 0 Å². The molecule has 0 heterocycles. The van der Waals surface area contributed by atoms with E-state index in [0.29, 0.717) is 0 Å². The minimum absolute atomic E-state index is 1.17. The van der Waals surface area contributed by atoms with Crippen LogP contribution >= 0.6 is 0 Å². The first-order valence-corrected chi connectivity index (χ1v) is 7.40. The lowest BCUT2D eigenvalue weighted by atomic mass is 9.41. The molecule has 7 aliphatic carbocycles. The third-order valence-corrected chi connectivity index (χ3v) is 7.24. The van der Waals surface area contributed by atoms with Crippen LogP contribution in [-0.4, -0.2) is 0 Å². The van der Waals surface area contributed by atoms with E-state index < -0.39 is 0 Å². The van der Waals surface area contributed by atoms with Crippen molar-refractivity contribution in [2.24, 2.45) is 47.3 Å². The van der Waals surface area contributed by atoms with Crippen LogP contribution in [0.4, 0.5) is 0 Å². The van der Waals surface area contributed by atoms with E-state index in [1.807, 2.05) is 0 Å². The molecule has 15 heavy (non-hydrogen) atoms. The molecule has 0 aromatic heterocycles. The van der Waals surface area contributed by atoms with E-state index in [1.165, 1.54) is 47.3 Å². The van der Waals surface area contributed by atoms with Gasteiger partial charge in [0.2, 0.25) is 0 Å². The van der Waals surface area contributed by atoms with Crippen molar-refractivity contribution in [2.45, 2.75) is 44.9 Å². The predicted octanol–water partition coefficient (Wildman–Crippen LogP) is 3.71. The van der Waals surface area contributed by atoms with Crippen LogP contribution in [-0.2, 0) is 0 Å². The van der Waals surface area contributed by atoms with Gasteiger partial charge in [-0.05, 0) is 85.9 Å². The number of hydrogen-bond donors (Lipinski definition) is 0. The monoisotopic (exact) mass is 202 g/mol. The summed E-state index contributed by atoms with van der Waals surface area (Å²) in [6.45, 7) is 0. The molecule has 82 valence electrons. The topological polar surface area (TPSA) is 0 Å². The SMILES string of the molecule is C1CC2C3CC4CC2C2CC1CC3C2C4. The maximum atomic E-state index is 1.65. The lowest BCUT2D eigenvalue weighted by Crippen LogP contribution is -2.56. The van der Waals surface area contributed by atoms with Crippen molar-refractivity contribution in [2.75, 3.05) is 0 Å². The Bertz CT molecular complexity index is 276. The van der Waals surface area contributed by atoms with Crippen molar-refractivity contribution in [1.82, 2.24) is 0 Å². The molecule has 0 heteroatoms. The molecular formula is C15H22. The molecule has 4 atom stereocenters. The largest absolute Gasteiger partial charge is 0.0501 e. The first-order chi connectivity index (χ1) is 7.40. The van der Waals surface area contributed by atoms with Gasteiger partial charge in [0.05, 0.1) is 0 Å². The highest BCUT2D eigenvalue weighted by atomic mass is 14.7. The molecule has 7 aliphatic rings. The zero-order valence-electron chi connectivity index (χ0n) is 9.57. The van der Waals surface area contributed by atoms with Crippen molar-refractivity contribution in [3.05, 3.63) is 0 Å². The van der Waals surface area contributed by atoms with E-state index in [1.54, 1.807) is 44.9 Å². The van der Waals surface area contributed by atoms with Crippen LogP contribution in [0.3, 0.4) is 0 Å². The van der Waals surface area contributed by atoms with E-state index in [0.717, 1.165) is 0 Å². The summed E-state index contributed by atoms with van der Waals surface area (Å²) in [7, 11) is 0. The van der Waals surface area contributed by atoms with Gasteiger partial charge in [-0.25, -0.2) is 0 Å². The van der Waals surface area contributed by atoms with Gasteiger partial charge >= 0.3 is 0 Å². The van der Waals surface area contributed by atoms with Gasteiger partial charge in [-0.15, -0.1) is 0 Å². The second kappa shape index (κ2) is 2.46. The summed E-state index contributed by atoms with van der Waals surface area (Å²) in [5, 5.41) is 0. The fourth-order valence-corrected chi connectivity index (χ4v) is 7.05. The van der Waals surface area contributed by atoms with Gasteiger partial charge in [0.25, 0.3) is 0 Å². The van der Waals surface area contributed by atoms with Gasteiger partial charge < -0.3 is 0 Å². The average molecular weight is 202 g/mol. The van der Waals surface area contributed by atoms with Crippen LogP contribution in [0.1, 0.15) is 44.9 Å². The quantitative estimate of drug-likeness (QED) is 0.561. The Morgan fingerprint density at radius 1 is 0.400 bits per heavy atom. The predicted molar refractivity (Wildman–Crippen MR) is 60.2 cm³/mol. The van der Waals surface area contributed by atoms with Crippen LogP contribution in [0, 0.1) is 47.3 Å². The highest BCUT2D eigenvalue weighted by Crippen LogP contribution is 2.69. The summed E-state index contributed by atoms with van der Waals surface area (Å²) in [6, 6.07) is 0. The Kier molecular flexibility index (Phi) is 1.34. The summed E-state index contributed by atoms with van der Waals surface area (Å²) < 4.78 is 0. The Morgan fingerprint density at radius 2 is 0.867 bits per heavy atom. The molecular weight excluding hydrogens is 180 g/mol. The molecule has 0 spiro atoms. The molecule has 0 amide bonds. The third-order valence-electron chi connectivity index (χ3n) is 7.24. The molecule has 0 aromatic rings. The summed E-state index contributed by atoms with van der Waals surface area (Å²) in [5.41, 5.74) is 0. The number of fused-ring (bicyclic) bond motifs is 1. The second-order valence-corrected chi connectivity index (χ2v) is 7.47. The third kappa shape index (κ3) is 0.840. The van der Waals surface area contributed by atoms with Crippen molar-refractivity contribution in [3.63, 3.8) is 0 Å². The maximum Gasteiger partial charge on any atom is -0.0349 e. The fraction of sp³-hybridized carbons (Fsp3) is 1.00. The van der Waals surface area contributed by atoms with Crippen molar-refractivity contribution >= 4 is 0 Å². The zero-order chi connectivity index (χ0) is 9.57. The van der Waals surface area contributed by atoms with Gasteiger partial charge in [0.1, 0.15) is 0 Å². The smallest absolute Gasteiger partial charge is 0.0349 e. The minimum atomic E-state index is 1.17. The Hall–Kier alpha value is 0. The molecule has 0 nitrogen and oxygen atoms in total. The van der Waals surface area contributed by atoms with Gasteiger partial charge in [-0.1, -0.05) is 6.42 Å². The van der Waals surface area contributed by atoms with Crippen LogP contribution in [0.15, 0.2) is 0 Å².